The van der Waals surface area contributed by atoms with Crippen LogP contribution in [0.15, 0.2) is 82.5 Å². The van der Waals surface area contributed by atoms with Crippen LogP contribution in [0.25, 0.3) is 0 Å². The Morgan fingerprint density at radius 1 is 0.906 bits per heavy atom. The highest BCUT2D eigenvalue weighted by molar-refractivity contribution is 5.85. The van der Waals surface area contributed by atoms with Gasteiger partial charge in [-0.3, -0.25) is 0 Å². The topological polar surface area (TPSA) is 109 Å². The van der Waals surface area contributed by atoms with Gasteiger partial charge in [-0.15, -0.1) is 12.4 Å². The molecule has 3 N–H and O–H groups in total. The van der Waals surface area contributed by atoms with Crippen molar-refractivity contribution in [1.82, 2.24) is 15.0 Å². The highest BCUT2D eigenvalue weighted by atomic mass is 35.5. The summed E-state index contributed by atoms with van der Waals surface area (Å²) in [5.74, 6) is 2.56. The Hall–Kier alpha value is -4.11. The van der Waals surface area contributed by atoms with Crippen molar-refractivity contribution in [3.63, 3.8) is 0 Å². The fraction of sp³-hybridized carbons (Fsp3) is 0.0909. The Bertz CT molecular complexity index is 1120. The number of furan rings is 1. The van der Waals surface area contributed by atoms with Crippen LogP contribution >= 0.6 is 12.4 Å². The molecule has 10 heteroatoms. The molecule has 0 saturated heterocycles. The Morgan fingerprint density at radius 2 is 1.66 bits per heavy atom. The second kappa shape index (κ2) is 11.3. The highest BCUT2D eigenvalue weighted by Gasteiger charge is 2.08. The molecule has 0 spiro atoms. The second-order valence-corrected chi connectivity index (χ2v) is 6.37. The molecule has 0 saturated carbocycles. The van der Waals surface area contributed by atoms with E-state index in [9.17, 15) is 0 Å². The summed E-state index contributed by atoms with van der Waals surface area (Å²) >= 11 is 0. The summed E-state index contributed by atoms with van der Waals surface area (Å²) in [6.45, 7) is 0.436. The van der Waals surface area contributed by atoms with E-state index in [1.165, 1.54) is 0 Å². The van der Waals surface area contributed by atoms with Crippen LogP contribution in [0.5, 0.6) is 5.75 Å². The summed E-state index contributed by atoms with van der Waals surface area (Å²) in [7, 11) is 1.62. The second-order valence-electron chi connectivity index (χ2n) is 6.37. The zero-order valence-corrected chi connectivity index (χ0v) is 18.0. The van der Waals surface area contributed by atoms with Crippen LogP contribution in [0, 0.1) is 0 Å². The van der Waals surface area contributed by atoms with Gasteiger partial charge in [-0.2, -0.15) is 20.1 Å². The number of halogens is 1. The molecule has 0 aliphatic heterocycles. The summed E-state index contributed by atoms with van der Waals surface area (Å²) in [4.78, 5) is 13.2. The third kappa shape index (κ3) is 6.44. The number of hydrogen-bond acceptors (Lipinski definition) is 9. The Kier molecular flexibility index (Phi) is 7.99. The molecule has 2 aromatic heterocycles. The van der Waals surface area contributed by atoms with Gasteiger partial charge >= 0.3 is 0 Å². The van der Waals surface area contributed by atoms with Crippen molar-refractivity contribution < 1.29 is 9.15 Å². The number of aromatic nitrogens is 3. The summed E-state index contributed by atoms with van der Waals surface area (Å²) in [6.07, 6.45) is 3.31. The van der Waals surface area contributed by atoms with Gasteiger partial charge in [0.25, 0.3) is 0 Å². The first-order chi connectivity index (χ1) is 15.3. The average Bonchev–Trinajstić information content (AvgIpc) is 3.33. The summed E-state index contributed by atoms with van der Waals surface area (Å²) in [5.41, 5.74) is 4.62. The molecule has 0 bridgehead atoms. The molecule has 0 amide bonds. The van der Waals surface area contributed by atoms with Crippen molar-refractivity contribution in [2.45, 2.75) is 6.54 Å². The van der Waals surface area contributed by atoms with Crippen LogP contribution in [-0.2, 0) is 6.54 Å². The van der Waals surface area contributed by atoms with E-state index in [2.05, 4.69) is 36.1 Å². The van der Waals surface area contributed by atoms with Crippen LogP contribution < -0.4 is 20.8 Å². The summed E-state index contributed by atoms with van der Waals surface area (Å²) < 4.78 is 10.5. The van der Waals surface area contributed by atoms with E-state index in [-0.39, 0.29) is 12.4 Å². The van der Waals surface area contributed by atoms with Crippen molar-refractivity contribution >= 4 is 42.2 Å². The van der Waals surface area contributed by atoms with Gasteiger partial charge in [0.15, 0.2) is 0 Å². The van der Waals surface area contributed by atoms with Crippen molar-refractivity contribution in [1.29, 1.82) is 0 Å². The van der Waals surface area contributed by atoms with E-state index >= 15 is 0 Å². The van der Waals surface area contributed by atoms with E-state index < -0.39 is 0 Å². The molecule has 9 nitrogen and oxygen atoms in total. The van der Waals surface area contributed by atoms with Crippen LogP contribution in [-0.4, -0.2) is 28.3 Å². The highest BCUT2D eigenvalue weighted by Crippen LogP contribution is 2.19. The number of anilines is 4. The lowest BCUT2D eigenvalue weighted by molar-refractivity contribution is 0.415. The van der Waals surface area contributed by atoms with Crippen molar-refractivity contribution in [2.75, 3.05) is 23.2 Å². The predicted octanol–water partition coefficient (Wildman–Crippen LogP) is 4.70. The van der Waals surface area contributed by atoms with Gasteiger partial charge in [0.05, 0.1) is 26.1 Å². The first kappa shape index (κ1) is 22.6. The predicted molar refractivity (Wildman–Crippen MR) is 127 cm³/mol. The minimum atomic E-state index is 0. The van der Waals surface area contributed by atoms with Gasteiger partial charge in [-0.05, 0) is 42.0 Å². The summed E-state index contributed by atoms with van der Waals surface area (Å²) in [5, 5.41) is 10.5. The van der Waals surface area contributed by atoms with Crippen LogP contribution in [0.3, 0.4) is 0 Å². The molecule has 2 aromatic carbocycles. The molecule has 0 fully saturated rings. The monoisotopic (exact) mass is 451 g/mol. The van der Waals surface area contributed by atoms with E-state index in [0.717, 1.165) is 22.8 Å². The van der Waals surface area contributed by atoms with Crippen LogP contribution in [0.4, 0.5) is 23.5 Å². The Labute approximate surface area is 191 Å². The molecule has 0 aliphatic carbocycles. The number of methoxy groups -OCH3 is 1. The number of ether oxygens (including phenoxy) is 1. The Morgan fingerprint density at radius 3 is 2.38 bits per heavy atom. The SMILES string of the molecule is COc1ccc(Nc2nc(NCc3ccco3)nc(N/N=C/c3ccccc3)n2)cc1.Cl. The molecule has 0 radical (unpaired) electrons. The lowest BCUT2D eigenvalue weighted by Gasteiger charge is -2.10. The van der Waals surface area contributed by atoms with Gasteiger partial charge < -0.3 is 19.8 Å². The lowest BCUT2D eigenvalue weighted by atomic mass is 10.2. The van der Waals surface area contributed by atoms with Gasteiger partial charge in [-0.1, -0.05) is 30.3 Å². The molecule has 2 heterocycles. The molecular weight excluding hydrogens is 430 g/mol. The van der Waals surface area contributed by atoms with E-state index in [1.807, 2.05) is 66.7 Å². The molecule has 164 valence electrons. The molecule has 0 atom stereocenters. The van der Waals surface area contributed by atoms with Gasteiger partial charge in [0.2, 0.25) is 17.8 Å². The minimum absolute atomic E-state index is 0. The first-order valence-corrected chi connectivity index (χ1v) is 9.56. The number of benzene rings is 2. The zero-order chi connectivity index (χ0) is 21.3. The third-order valence-electron chi connectivity index (χ3n) is 4.16. The number of nitrogens with one attached hydrogen (secondary N) is 3. The van der Waals surface area contributed by atoms with Crippen LogP contribution in [0.2, 0.25) is 0 Å². The van der Waals surface area contributed by atoms with Gasteiger partial charge in [0.1, 0.15) is 11.5 Å². The third-order valence-corrected chi connectivity index (χ3v) is 4.16. The fourth-order valence-electron chi connectivity index (χ4n) is 2.65. The maximum Gasteiger partial charge on any atom is 0.250 e. The lowest BCUT2D eigenvalue weighted by Crippen LogP contribution is -2.09. The molecule has 4 rings (SSSR count). The quantitative estimate of drug-likeness (QED) is 0.248. The number of rotatable bonds is 9. The number of nitrogens with zero attached hydrogens (tertiary/aromatic N) is 4. The van der Waals surface area contributed by atoms with E-state index in [0.29, 0.717) is 24.4 Å². The van der Waals surface area contributed by atoms with E-state index in [1.54, 1.807) is 19.6 Å². The minimum Gasteiger partial charge on any atom is -0.497 e. The van der Waals surface area contributed by atoms with Crippen molar-refractivity contribution in [3.05, 3.63) is 84.3 Å². The maximum atomic E-state index is 5.35. The Balaban J connectivity index is 0.00000289. The van der Waals surface area contributed by atoms with Crippen LogP contribution in [0.1, 0.15) is 11.3 Å². The first-order valence-electron chi connectivity index (χ1n) is 9.56. The summed E-state index contributed by atoms with van der Waals surface area (Å²) in [6, 6.07) is 20.9. The molecule has 0 unspecified atom stereocenters. The standard InChI is InChI=1S/C22H21N7O2.ClH/c1-30-18-11-9-17(10-12-18)25-21-26-20(23-15-19-8-5-13-31-19)27-22(28-21)29-24-14-16-6-3-2-4-7-16;/h2-14H,15H2,1H3,(H3,23,25,26,27,28,29);1H/b24-14+;. The number of hydrogen-bond donors (Lipinski definition) is 3. The van der Waals surface area contributed by atoms with Gasteiger partial charge in [0, 0.05) is 5.69 Å². The van der Waals surface area contributed by atoms with Gasteiger partial charge in [-0.25, -0.2) is 5.43 Å². The fourth-order valence-corrected chi connectivity index (χ4v) is 2.65. The van der Waals surface area contributed by atoms with Crippen molar-refractivity contribution in [2.24, 2.45) is 5.10 Å². The zero-order valence-electron chi connectivity index (χ0n) is 17.2. The van der Waals surface area contributed by atoms with Crippen molar-refractivity contribution in [3.8, 4) is 5.75 Å². The largest absolute Gasteiger partial charge is 0.497 e. The average molecular weight is 452 g/mol. The normalized spacial score (nSPS) is 10.4. The smallest absolute Gasteiger partial charge is 0.250 e. The maximum absolute atomic E-state index is 5.35. The van der Waals surface area contributed by atoms with E-state index in [4.69, 9.17) is 9.15 Å². The molecule has 0 aliphatic rings. The number of hydrazone groups is 1. The molecule has 4 aromatic rings. The molecular formula is C22H22ClN7O2. The molecule has 32 heavy (non-hydrogen) atoms.